The van der Waals surface area contributed by atoms with Crippen LogP contribution < -0.4 is 0 Å². The van der Waals surface area contributed by atoms with Crippen LogP contribution in [0.3, 0.4) is 0 Å². The minimum absolute atomic E-state index is 0.0959. The van der Waals surface area contributed by atoms with Crippen molar-refractivity contribution in [2.24, 2.45) is 0 Å². The highest BCUT2D eigenvalue weighted by atomic mass is 16.6. The van der Waals surface area contributed by atoms with Gasteiger partial charge in [-0.2, -0.15) is 0 Å². The number of allylic oxidation sites excluding steroid dienone is 3. The van der Waals surface area contributed by atoms with Gasteiger partial charge in [0.25, 0.3) is 0 Å². The molecule has 3 nitrogen and oxygen atoms in total. The van der Waals surface area contributed by atoms with Crippen LogP contribution in [0.5, 0.6) is 0 Å². The summed E-state index contributed by atoms with van der Waals surface area (Å²) in [5, 5.41) is 0. The summed E-state index contributed by atoms with van der Waals surface area (Å²) >= 11 is 0. The summed E-state index contributed by atoms with van der Waals surface area (Å²) in [6, 6.07) is 0. The molecule has 1 unspecified atom stereocenters. The van der Waals surface area contributed by atoms with Gasteiger partial charge in [-0.05, 0) is 52.9 Å². The zero-order valence-corrected chi connectivity index (χ0v) is 13.5. The molecule has 1 fully saturated rings. The highest BCUT2D eigenvalue weighted by molar-refractivity contribution is 5.82. The van der Waals surface area contributed by atoms with Crippen LogP contribution in [0.25, 0.3) is 0 Å². The molecule has 114 valence electrons. The van der Waals surface area contributed by atoms with Crippen LogP contribution in [0.15, 0.2) is 23.3 Å². The molecule has 0 N–H and O–H groups in total. The van der Waals surface area contributed by atoms with Crippen molar-refractivity contribution >= 4 is 5.97 Å². The van der Waals surface area contributed by atoms with E-state index in [-0.39, 0.29) is 11.6 Å². The molecule has 0 amide bonds. The van der Waals surface area contributed by atoms with Gasteiger partial charge in [0.05, 0.1) is 18.8 Å². The molecule has 1 aliphatic heterocycles. The topological polar surface area (TPSA) is 38.8 Å². The van der Waals surface area contributed by atoms with Gasteiger partial charge < -0.3 is 9.47 Å². The molecular formula is C17H28O3. The van der Waals surface area contributed by atoms with Gasteiger partial charge in [-0.25, -0.2) is 4.79 Å². The highest BCUT2D eigenvalue weighted by Gasteiger charge is 2.46. The maximum atomic E-state index is 11.1. The SMILES string of the molecule is CCC(=CCCC(C)=CC(=O)OC)CCC1OC1(C)C. The van der Waals surface area contributed by atoms with Gasteiger partial charge in [0.2, 0.25) is 0 Å². The fraction of sp³-hybridized carbons (Fsp3) is 0.706. The first-order chi connectivity index (χ1) is 9.39. The molecule has 0 spiro atoms. The molecule has 0 bridgehead atoms. The second kappa shape index (κ2) is 7.63. The quantitative estimate of drug-likeness (QED) is 0.290. The third-order valence-electron chi connectivity index (χ3n) is 3.88. The minimum atomic E-state index is -0.268. The molecule has 1 rings (SSSR count). The van der Waals surface area contributed by atoms with E-state index < -0.39 is 0 Å². The molecular weight excluding hydrogens is 252 g/mol. The van der Waals surface area contributed by atoms with E-state index in [2.05, 4.69) is 31.6 Å². The predicted octanol–water partition coefficient (Wildman–Crippen LogP) is 4.18. The number of hydrogen-bond acceptors (Lipinski definition) is 3. The van der Waals surface area contributed by atoms with Gasteiger partial charge in [-0.15, -0.1) is 0 Å². The lowest BCUT2D eigenvalue weighted by atomic mass is 9.99. The van der Waals surface area contributed by atoms with Crippen molar-refractivity contribution in [2.75, 3.05) is 7.11 Å². The summed E-state index contributed by atoms with van der Waals surface area (Å²) in [6.07, 6.45) is 9.52. The molecule has 0 aliphatic carbocycles. The molecule has 1 aliphatic rings. The molecule has 1 heterocycles. The van der Waals surface area contributed by atoms with Crippen LogP contribution in [0.1, 0.15) is 59.8 Å². The Balaban J connectivity index is 2.31. The zero-order valence-electron chi connectivity index (χ0n) is 13.5. The smallest absolute Gasteiger partial charge is 0.330 e. The van der Waals surface area contributed by atoms with E-state index in [1.54, 1.807) is 6.08 Å². The highest BCUT2D eigenvalue weighted by Crippen LogP contribution is 2.39. The van der Waals surface area contributed by atoms with E-state index >= 15 is 0 Å². The molecule has 0 aromatic carbocycles. The number of epoxide rings is 1. The van der Waals surface area contributed by atoms with E-state index in [0.717, 1.165) is 37.7 Å². The van der Waals surface area contributed by atoms with Crippen molar-refractivity contribution in [3.63, 3.8) is 0 Å². The van der Waals surface area contributed by atoms with Gasteiger partial charge in [-0.3, -0.25) is 0 Å². The Morgan fingerprint density at radius 3 is 2.50 bits per heavy atom. The maximum Gasteiger partial charge on any atom is 0.330 e. The van der Waals surface area contributed by atoms with E-state index in [1.165, 1.54) is 12.7 Å². The summed E-state index contributed by atoms with van der Waals surface area (Å²) in [4.78, 5) is 11.1. The predicted molar refractivity (Wildman–Crippen MR) is 81.6 cm³/mol. The minimum Gasteiger partial charge on any atom is -0.466 e. The number of carbonyl (C=O) groups excluding carboxylic acids is 1. The fourth-order valence-electron chi connectivity index (χ4n) is 2.32. The molecule has 1 saturated heterocycles. The summed E-state index contributed by atoms with van der Waals surface area (Å²) < 4.78 is 10.2. The maximum absolute atomic E-state index is 11.1. The Morgan fingerprint density at radius 2 is 2.00 bits per heavy atom. The van der Waals surface area contributed by atoms with Crippen LogP contribution in [-0.2, 0) is 14.3 Å². The lowest BCUT2D eigenvalue weighted by Crippen LogP contribution is -2.02. The van der Waals surface area contributed by atoms with Crippen molar-refractivity contribution in [1.29, 1.82) is 0 Å². The lowest BCUT2D eigenvalue weighted by molar-refractivity contribution is -0.134. The number of hydrogen-bond donors (Lipinski definition) is 0. The number of methoxy groups -OCH3 is 1. The molecule has 0 aromatic heterocycles. The largest absolute Gasteiger partial charge is 0.466 e. The van der Waals surface area contributed by atoms with Gasteiger partial charge >= 0.3 is 5.97 Å². The summed E-state index contributed by atoms with van der Waals surface area (Å²) in [5.74, 6) is -0.268. The Bertz CT molecular complexity index is 391. The second-order valence-electron chi connectivity index (χ2n) is 6.02. The third-order valence-corrected chi connectivity index (χ3v) is 3.88. The number of esters is 1. The zero-order chi connectivity index (χ0) is 15.2. The average Bonchev–Trinajstić information content (AvgIpc) is 3.01. The molecule has 0 aromatic rings. The fourth-order valence-corrected chi connectivity index (χ4v) is 2.32. The summed E-state index contributed by atoms with van der Waals surface area (Å²) in [7, 11) is 1.41. The van der Waals surface area contributed by atoms with E-state index in [4.69, 9.17) is 4.74 Å². The Labute approximate surface area is 123 Å². The van der Waals surface area contributed by atoms with E-state index in [0.29, 0.717) is 6.10 Å². The Kier molecular flexibility index (Phi) is 6.47. The number of ether oxygens (including phenoxy) is 2. The number of rotatable bonds is 8. The standard InChI is InChI=1S/C17H28O3/c1-6-14(10-11-15-17(3,4)20-15)9-7-8-13(2)12-16(18)19-5/h9,12,15H,6-8,10-11H2,1-5H3. The van der Waals surface area contributed by atoms with Crippen molar-refractivity contribution < 1.29 is 14.3 Å². The van der Waals surface area contributed by atoms with Crippen molar-refractivity contribution in [2.45, 2.75) is 71.5 Å². The van der Waals surface area contributed by atoms with E-state index in [9.17, 15) is 4.79 Å². The van der Waals surface area contributed by atoms with E-state index in [1.807, 2.05) is 6.92 Å². The first-order valence-corrected chi connectivity index (χ1v) is 7.50. The van der Waals surface area contributed by atoms with Crippen LogP contribution >= 0.6 is 0 Å². The second-order valence-corrected chi connectivity index (χ2v) is 6.02. The summed E-state index contributed by atoms with van der Waals surface area (Å²) in [6.45, 7) is 8.46. The molecule has 1 atom stereocenters. The van der Waals surface area contributed by atoms with Crippen molar-refractivity contribution in [3.8, 4) is 0 Å². The van der Waals surface area contributed by atoms with Crippen molar-refractivity contribution in [1.82, 2.24) is 0 Å². The molecule has 20 heavy (non-hydrogen) atoms. The molecule has 0 radical (unpaired) electrons. The van der Waals surface area contributed by atoms with Gasteiger partial charge in [0, 0.05) is 6.08 Å². The normalized spacial score (nSPS) is 21.8. The van der Waals surface area contributed by atoms with Crippen LogP contribution in [0.2, 0.25) is 0 Å². The Hall–Kier alpha value is -1.09. The van der Waals surface area contributed by atoms with Crippen LogP contribution in [0.4, 0.5) is 0 Å². The molecule has 3 heteroatoms. The number of carbonyl (C=O) groups is 1. The monoisotopic (exact) mass is 280 g/mol. The van der Waals surface area contributed by atoms with Gasteiger partial charge in [-0.1, -0.05) is 24.1 Å². The van der Waals surface area contributed by atoms with Crippen LogP contribution in [-0.4, -0.2) is 24.8 Å². The van der Waals surface area contributed by atoms with Gasteiger partial charge in [0.15, 0.2) is 0 Å². The summed E-state index contributed by atoms with van der Waals surface area (Å²) in [5.41, 5.74) is 2.65. The van der Waals surface area contributed by atoms with Crippen LogP contribution in [0, 0.1) is 0 Å². The van der Waals surface area contributed by atoms with Gasteiger partial charge in [0.1, 0.15) is 0 Å². The third kappa shape index (κ3) is 5.91. The Morgan fingerprint density at radius 1 is 1.35 bits per heavy atom. The average molecular weight is 280 g/mol. The first kappa shape index (κ1) is 17.0. The lowest BCUT2D eigenvalue weighted by Gasteiger charge is -2.05. The van der Waals surface area contributed by atoms with Crippen molar-refractivity contribution in [3.05, 3.63) is 23.3 Å². The first-order valence-electron chi connectivity index (χ1n) is 7.50. The molecule has 0 saturated carbocycles.